The van der Waals surface area contributed by atoms with Crippen LogP contribution in [0.15, 0.2) is 48.1 Å². The molecule has 26 heavy (non-hydrogen) atoms. The molecule has 2 heterocycles. The maximum Gasteiger partial charge on any atom is 0.233 e. The van der Waals surface area contributed by atoms with Gasteiger partial charge in [-0.25, -0.2) is 13.8 Å². The van der Waals surface area contributed by atoms with Crippen LogP contribution >= 0.6 is 11.3 Å². The fourth-order valence-electron chi connectivity index (χ4n) is 2.56. The van der Waals surface area contributed by atoms with Crippen LogP contribution in [0.5, 0.6) is 0 Å². The highest BCUT2D eigenvalue weighted by Gasteiger charge is 2.24. The quantitative estimate of drug-likeness (QED) is 0.691. The third kappa shape index (κ3) is 4.09. The first kappa shape index (κ1) is 18.1. The Morgan fingerprint density at radius 1 is 1.23 bits per heavy atom. The molecule has 0 saturated heterocycles. The van der Waals surface area contributed by atoms with Crippen LogP contribution in [0, 0.1) is 11.6 Å². The van der Waals surface area contributed by atoms with Crippen molar-refractivity contribution in [2.75, 3.05) is 11.9 Å². The molecule has 0 aliphatic heterocycles. The van der Waals surface area contributed by atoms with Crippen LogP contribution in [0.4, 0.5) is 13.9 Å². The van der Waals surface area contributed by atoms with E-state index < -0.39 is 23.5 Å². The first-order valence-corrected chi connectivity index (χ1v) is 8.78. The lowest BCUT2D eigenvalue weighted by Gasteiger charge is -2.16. The molecule has 0 fully saturated rings. The number of thiazole rings is 1. The largest absolute Gasteiger partial charge is 0.330 e. The van der Waals surface area contributed by atoms with Crippen molar-refractivity contribution in [3.8, 4) is 11.3 Å². The molecule has 1 aromatic carbocycles. The van der Waals surface area contributed by atoms with Gasteiger partial charge in [-0.05, 0) is 31.2 Å². The number of anilines is 1. The second-order valence-electron chi connectivity index (χ2n) is 5.56. The number of halogens is 2. The van der Waals surface area contributed by atoms with Gasteiger partial charge in [0.05, 0.1) is 11.6 Å². The van der Waals surface area contributed by atoms with Gasteiger partial charge >= 0.3 is 0 Å². The molecule has 0 saturated carbocycles. The van der Waals surface area contributed by atoms with Crippen molar-refractivity contribution in [1.29, 1.82) is 0 Å². The molecular formula is C18H16F2N4OS. The summed E-state index contributed by atoms with van der Waals surface area (Å²) in [7, 11) is 0. The normalized spacial score (nSPS) is 12.0. The molecule has 3 aromatic rings. The number of nitrogens with two attached hydrogens (primary N) is 1. The minimum atomic E-state index is -0.825. The monoisotopic (exact) mass is 374 g/mol. The molecule has 134 valence electrons. The first-order chi connectivity index (χ1) is 12.6. The smallest absolute Gasteiger partial charge is 0.233 e. The van der Waals surface area contributed by atoms with Crippen molar-refractivity contribution in [1.82, 2.24) is 9.97 Å². The zero-order valence-electron chi connectivity index (χ0n) is 13.7. The molecule has 3 N–H and O–H groups in total. The molecule has 0 aliphatic rings. The van der Waals surface area contributed by atoms with E-state index in [0.29, 0.717) is 10.8 Å². The Balaban J connectivity index is 1.79. The molecular weight excluding hydrogens is 358 g/mol. The van der Waals surface area contributed by atoms with E-state index in [-0.39, 0.29) is 18.5 Å². The molecule has 5 nitrogen and oxygen atoms in total. The average molecular weight is 374 g/mol. The van der Waals surface area contributed by atoms with E-state index in [0.717, 1.165) is 17.7 Å². The van der Waals surface area contributed by atoms with Gasteiger partial charge in [0.2, 0.25) is 5.91 Å². The number of pyridine rings is 1. The molecule has 0 spiro atoms. The Morgan fingerprint density at radius 3 is 2.69 bits per heavy atom. The third-order valence-corrected chi connectivity index (χ3v) is 4.58. The van der Waals surface area contributed by atoms with E-state index in [1.165, 1.54) is 17.4 Å². The van der Waals surface area contributed by atoms with Crippen LogP contribution in [0.25, 0.3) is 11.3 Å². The van der Waals surface area contributed by atoms with Crippen molar-refractivity contribution in [3.63, 3.8) is 0 Å². The van der Waals surface area contributed by atoms with E-state index in [2.05, 4.69) is 15.3 Å². The minimum Gasteiger partial charge on any atom is -0.330 e. The van der Waals surface area contributed by atoms with Crippen LogP contribution in [0.1, 0.15) is 17.9 Å². The topological polar surface area (TPSA) is 80.9 Å². The molecule has 0 bridgehead atoms. The number of rotatable bonds is 6. The summed E-state index contributed by atoms with van der Waals surface area (Å²) < 4.78 is 27.2. The average Bonchev–Trinajstić information content (AvgIpc) is 3.09. The Hall–Kier alpha value is -2.71. The van der Waals surface area contributed by atoms with Gasteiger partial charge in [-0.15, -0.1) is 11.3 Å². The van der Waals surface area contributed by atoms with Crippen LogP contribution in [-0.4, -0.2) is 22.4 Å². The first-order valence-electron chi connectivity index (χ1n) is 7.90. The lowest BCUT2D eigenvalue weighted by atomic mass is 9.94. The molecule has 0 radical (unpaired) electrons. The molecule has 1 atom stereocenters. The zero-order chi connectivity index (χ0) is 18.5. The summed E-state index contributed by atoms with van der Waals surface area (Å²) in [5.41, 5.74) is 7.25. The number of hydrogen-bond donors (Lipinski definition) is 2. The number of nitrogens with one attached hydrogen (secondary N) is 1. The highest BCUT2D eigenvalue weighted by Crippen LogP contribution is 2.28. The summed E-state index contributed by atoms with van der Waals surface area (Å²) in [6, 6.07) is 6.78. The number of hydrogen-bond acceptors (Lipinski definition) is 5. The van der Waals surface area contributed by atoms with Crippen LogP contribution in [-0.2, 0) is 4.79 Å². The fourth-order valence-corrected chi connectivity index (χ4v) is 3.28. The second kappa shape index (κ2) is 8.11. The predicted molar refractivity (Wildman–Crippen MR) is 96.7 cm³/mol. The summed E-state index contributed by atoms with van der Waals surface area (Å²) in [6.45, 7) is 0.190. The van der Waals surface area contributed by atoms with E-state index in [4.69, 9.17) is 5.73 Å². The van der Waals surface area contributed by atoms with Gasteiger partial charge in [-0.1, -0.05) is 6.07 Å². The molecule has 1 unspecified atom stereocenters. The van der Waals surface area contributed by atoms with Gasteiger partial charge in [0, 0.05) is 35.0 Å². The van der Waals surface area contributed by atoms with Crippen molar-refractivity contribution in [2.24, 2.45) is 5.73 Å². The van der Waals surface area contributed by atoms with E-state index >= 15 is 0 Å². The van der Waals surface area contributed by atoms with Crippen LogP contribution in [0.3, 0.4) is 0 Å². The maximum atomic E-state index is 14.1. The van der Waals surface area contributed by atoms with E-state index in [9.17, 15) is 13.6 Å². The van der Waals surface area contributed by atoms with Gasteiger partial charge in [-0.3, -0.25) is 9.78 Å². The molecule has 2 aromatic heterocycles. The van der Waals surface area contributed by atoms with Crippen molar-refractivity contribution in [2.45, 2.75) is 12.3 Å². The molecule has 0 aliphatic carbocycles. The molecule has 3 rings (SSSR count). The van der Waals surface area contributed by atoms with Crippen LogP contribution < -0.4 is 11.1 Å². The number of aromatic nitrogens is 2. The second-order valence-corrected chi connectivity index (χ2v) is 6.42. The summed E-state index contributed by atoms with van der Waals surface area (Å²) in [6.07, 6.45) is 3.54. The highest BCUT2D eigenvalue weighted by atomic mass is 32.1. The fraction of sp³-hybridized carbons (Fsp3) is 0.167. The molecule has 1 amide bonds. The number of nitrogens with zero attached hydrogens (tertiary/aromatic N) is 2. The van der Waals surface area contributed by atoms with Crippen LogP contribution in [0.2, 0.25) is 0 Å². The Kier molecular flexibility index (Phi) is 5.65. The van der Waals surface area contributed by atoms with Crippen molar-refractivity contribution < 1.29 is 13.6 Å². The summed E-state index contributed by atoms with van der Waals surface area (Å²) in [5, 5.41) is 4.90. The van der Waals surface area contributed by atoms with Gasteiger partial charge < -0.3 is 11.1 Å². The number of amides is 1. The van der Waals surface area contributed by atoms with Crippen molar-refractivity contribution >= 4 is 22.4 Å². The Bertz CT molecular complexity index is 901. The highest BCUT2D eigenvalue weighted by molar-refractivity contribution is 7.14. The Morgan fingerprint density at radius 2 is 2.00 bits per heavy atom. The summed E-state index contributed by atoms with van der Waals surface area (Å²) >= 11 is 1.26. The van der Waals surface area contributed by atoms with Gasteiger partial charge in [0.25, 0.3) is 0 Å². The lowest BCUT2D eigenvalue weighted by molar-refractivity contribution is -0.117. The number of benzene rings is 1. The maximum absolute atomic E-state index is 14.1. The minimum absolute atomic E-state index is 0.111. The van der Waals surface area contributed by atoms with Crippen molar-refractivity contribution in [3.05, 3.63) is 65.3 Å². The predicted octanol–water partition coefficient (Wildman–Crippen LogP) is 3.55. The van der Waals surface area contributed by atoms with Gasteiger partial charge in [0.15, 0.2) is 5.13 Å². The number of carbonyl (C=O) groups excluding carboxylic acids is 1. The SMILES string of the molecule is NCCC(C(=O)Nc1nc(-c2ccncc2)cs1)c1ccc(F)cc1F. The summed E-state index contributed by atoms with van der Waals surface area (Å²) in [4.78, 5) is 20.9. The molecule has 8 heteroatoms. The lowest BCUT2D eigenvalue weighted by Crippen LogP contribution is -2.24. The van der Waals surface area contributed by atoms with E-state index in [1.54, 1.807) is 17.8 Å². The van der Waals surface area contributed by atoms with Gasteiger partial charge in [-0.2, -0.15) is 0 Å². The number of carbonyl (C=O) groups is 1. The summed E-state index contributed by atoms with van der Waals surface area (Å²) in [5.74, 6) is -2.72. The zero-order valence-corrected chi connectivity index (χ0v) is 14.5. The van der Waals surface area contributed by atoms with Gasteiger partial charge in [0.1, 0.15) is 11.6 Å². The Labute approximate surface area is 152 Å². The standard InChI is InChI=1S/C18H16F2N4OS/c19-12-1-2-13(15(20)9-12)14(3-6-21)17(25)24-18-23-16(10-26-18)11-4-7-22-8-5-11/h1-2,4-5,7-10,14H,3,6,21H2,(H,23,24,25). The third-order valence-electron chi connectivity index (χ3n) is 3.82. The van der Waals surface area contributed by atoms with E-state index in [1.807, 2.05) is 12.1 Å².